The summed E-state index contributed by atoms with van der Waals surface area (Å²) < 4.78 is 10.8. The molecule has 0 aromatic heterocycles. The Morgan fingerprint density at radius 3 is 2.52 bits per heavy atom. The maximum Gasteiger partial charge on any atom is 0.251 e. The van der Waals surface area contributed by atoms with Crippen LogP contribution in [0.5, 0.6) is 0 Å². The van der Waals surface area contributed by atoms with Crippen molar-refractivity contribution in [2.75, 3.05) is 53.0 Å². The Morgan fingerprint density at radius 2 is 1.86 bits per heavy atom. The molecule has 1 aliphatic heterocycles. The molecule has 124 valence electrons. The Bertz CT molecular complexity index is 297. The van der Waals surface area contributed by atoms with E-state index in [1.54, 1.807) is 7.11 Å². The Kier molecular flexibility index (Phi) is 8.88. The summed E-state index contributed by atoms with van der Waals surface area (Å²) in [6, 6.07) is 0. The highest BCUT2D eigenvalue weighted by Gasteiger charge is 2.23. The van der Waals surface area contributed by atoms with Gasteiger partial charge in [-0.3, -0.25) is 9.69 Å². The quantitative estimate of drug-likeness (QED) is 0.683. The SMILES string of the molecule is COCCN1CCCN(C(=O)[C@H](C)OCCC(C)C)CC1. The van der Waals surface area contributed by atoms with E-state index >= 15 is 0 Å². The lowest BCUT2D eigenvalue weighted by atomic mass is 10.1. The maximum absolute atomic E-state index is 12.4. The molecular formula is C16H32N2O3. The molecule has 5 heteroatoms. The Hall–Kier alpha value is -0.650. The van der Waals surface area contributed by atoms with Crippen molar-refractivity contribution in [2.45, 2.75) is 39.7 Å². The standard InChI is InChI=1S/C16H32N2O3/c1-14(2)6-12-21-15(3)16(19)18-8-5-7-17(9-10-18)11-13-20-4/h14-15H,5-13H2,1-4H3/t15-/m0/s1. The van der Waals surface area contributed by atoms with Crippen molar-refractivity contribution < 1.29 is 14.3 Å². The molecule has 0 aromatic carbocycles. The van der Waals surface area contributed by atoms with E-state index in [0.29, 0.717) is 12.5 Å². The van der Waals surface area contributed by atoms with Gasteiger partial charge in [0.15, 0.2) is 0 Å². The first-order valence-electron chi connectivity index (χ1n) is 8.16. The first-order valence-corrected chi connectivity index (χ1v) is 8.16. The highest BCUT2D eigenvalue weighted by molar-refractivity contribution is 5.80. The molecule has 0 bridgehead atoms. The van der Waals surface area contributed by atoms with Gasteiger partial charge in [-0.15, -0.1) is 0 Å². The number of rotatable bonds is 8. The smallest absolute Gasteiger partial charge is 0.251 e. The van der Waals surface area contributed by atoms with E-state index in [2.05, 4.69) is 18.7 Å². The zero-order chi connectivity index (χ0) is 15.7. The Morgan fingerprint density at radius 1 is 1.10 bits per heavy atom. The van der Waals surface area contributed by atoms with Crippen molar-refractivity contribution in [2.24, 2.45) is 5.92 Å². The van der Waals surface area contributed by atoms with Crippen LogP contribution in [0, 0.1) is 5.92 Å². The maximum atomic E-state index is 12.4. The van der Waals surface area contributed by atoms with E-state index in [9.17, 15) is 4.79 Å². The summed E-state index contributed by atoms with van der Waals surface area (Å²) in [7, 11) is 1.73. The van der Waals surface area contributed by atoms with Crippen molar-refractivity contribution in [3.05, 3.63) is 0 Å². The molecule has 1 heterocycles. The average molecular weight is 300 g/mol. The minimum absolute atomic E-state index is 0.132. The van der Waals surface area contributed by atoms with Gasteiger partial charge in [0.05, 0.1) is 6.61 Å². The number of amides is 1. The normalized spacial score (nSPS) is 18.8. The lowest BCUT2D eigenvalue weighted by Gasteiger charge is -2.25. The summed E-state index contributed by atoms with van der Waals surface area (Å²) in [4.78, 5) is 16.7. The van der Waals surface area contributed by atoms with Crippen LogP contribution in [0.4, 0.5) is 0 Å². The molecule has 0 radical (unpaired) electrons. The molecule has 0 spiro atoms. The molecule has 1 amide bonds. The van der Waals surface area contributed by atoms with Crippen LogP contribution in [0.1, 0.15) is 33.6 Å². The topological polar surface area (TPSA) is 42.0 Å². The van der Waals surface area contributed by atoms with E-state index in [1.807, 2.05) is 11.8 Å². The molecule has 1 saturated heterocycles. The second-order valence-corrected chi connectivity index (χ2v) is 6.21. The fraction of sp³-hybridized carbons (Fsp3) is 0.938. The van der Waals surface area contributed by atoms with Gasteiger partial charge in [0, 0.05) is 39.9 Å². The summed E-state index contributed by atoms with van der Waals surface area (Å²) in [5, 5.41) is 0. The zero-order valence-electron chi connectivity index (χ0n) is 14.1. The molecule has 5 nitrogen and oxygen atoms in total. The van der Waals surface area contributed by atoms with E-state index < -0.39 is 0 Å². The second-order valence-electron chi connectivity index (χ2n) is 6.21. The van der Waals surface area contributed by atoms with Crippen molar-refractivity contribution in [1.82, 2.24) is 9.80 Å². The molecule has 0 aromatic rings. The van der Waals surface area contributed by atoms with Gasteiger partial charge in [0.1, 0.15) is 6.10 Å². The fourth-order valence-electron chi connectivity index (χ4n) is 2.44. The van der Waals surface area contributed by atoms with Crippen LogP contribution in [0.25, 0.3) is 0 Å². The third kappa shape index (κ3) is 7.25. The number of hydrogen-bond acceptors (Lipinski definition) is 4. The van der Waals surface area contributed by atoms with Gasteiger partial charge in [-0.1, -0.05) is 13.8 Å². The molecule has 21 heavy (non-hydrogen) atoms. The molecule has 0 aliphatic carbocycles. The van der Waals surface area contributed by atoms with E-state index in [1.165, 1.54) is 0 Å². The van der Waals surface area contributed by atoms with Crippen LogP contribution >= 0.6 is 0 Å². The predicted octanol–water partition coefficient (Wildman–Crippen LogP) is 1.62. The van der Waals surface area contributed by atoms with Crippen LogP contribution in [0.15, 0.2) is 0 Å². The summed E-state index contributed by atoms with van der Waals surface area (Å²) in [5.74, 6) is 0.743. The van der Waals surface area contributed by atoms with Crippen molar-refractivity contribution >= 4 is 5.91 Å². The number of methoxy groups -OCH3 is 1. The molecule has 1 fully saturated rings. The highest BCUT2D eigenvalue weighted by Crippen LogP contribution is 2.08. The van der Waals surface area contributed by atoms with Crippen LogP contribution < -0.4 is 0 Å². The van der Waals surface area contributed by atoms with Gasteiger partial charge in [-0.05, 0) is 32.2 Å². The molecule has 0 N–H and O–H groups in total. The van der Waals surface area contributed by atoms with Crippen molar-refractivity contribution in [3.8, 4) is 0 Å². The molecule has 0 saturated carbocycles. The predicted molar refractivity (Wildman–Crippen MR) is 84.4 cm³/mol. The van der Waals surface area contributed by atoms with E-state index in [4.69, 9.17) is 9.47 Å². The third-order valence-electron chi connectivity index (χ3n) is 3.92. The Balaban J connectivity index is 2.33. The van der Waals surface area contributed by atoms with E-state index in [0.717, 1.165) is 52.2 Å². The average Bonchev–Trinajstić information content (AvgIpc) is 2.69. The molecule has 1 atom stereocenters. The number of carbonyl (C=O) groups excluding carboxylic acids is 1. The molecule has 1 aliphatic rings. The minimum atomic E-state index is -0.325. The number of hydrogen-bond donors (Lipinski definition) is 0. The van der Waals surface area contributed by atoms with Gasteiger partial charge in [0.25, 0.3) is 5.91 Å². The molecule has 1 rings (SSSR count). The molecular weight excluding hydrogens is 268 g/mol. The summed E-state index contributed by atoms with van der Waals surface area (Å²) in [5.41, 5.74) is 0. The van der Waals surface area contributed by atoms with Crippen molar-refractivity contribution in [3.63, 3.8) is 0 Å². The monoisotopic (exact) mass is 300 g/mol. The number of nitrogens with zero attached hydrogens (tertiary/aromatic N) is 2. The third-order valence-corrected chi connectivity index (χ3v) is 3.92. The molecule has 0 unspecified atom stereocenters. The first kappa shape index (κ1) is 18.4. The summed E-state index contributed by atoms with van der Waals surface area (Å²) in [6.07, 6.45) is 1.70. The summed E-state index contributed by atoms with van der Waals surface area (Å²) >= 11 is 0. The first-order chi connectivity index (χ1) is 10.0. The van der Waals surface area contributed by atoms with Gasteiger partial charge in [-0.25, -0.2) is 0 Å². The number of carbonyl (C=O) groups is 1. The largest absolute Gasteiger partial charge is 0.383 e. The van der Waals surface area contributed by atoms with Crippen LogP contribution in [-0.4, -0.2) is 74.9 Å². The van der Waals surface area contributed by atoms with Crippen LogP contribution in [-0.2, 0) is 14.3 Å². The summed E-state index contributed by atoms with van der Waals surface area (Å²) in [6.45, 7) is 12.2. The van der Waals surface area contributed by atoms with E-state index in [-0.39, 0.29) is 12.0 Å². The van der Waals surface area contributed by atoms with Crippen molar-refractivity contribution in [1.29, 1.82) is 0 Å². The number of ether oxygens (including phenoxy) is 2. The van der Waals surface area contributed by atoms with Gasteiger partial charge >= 0.3 is 0 Å². The highest BCUT2D eigenvalue weighted by atomic mass is 16.5. The zero-order valence-corrected chi connectivity index (χ0v) is 14.1. The van der Waals surface area contributed by atoms with Crippen LogP contribution in [0.2, 0.25) is 0 Å². The lowest BCUT2D eigenvalue weighted by Crippen LogP contribution is -2.41. The van der Waals surface area contributed by atoms with Gasteiger partial charge in [-0.2, -0.15) is 0 Å². The fourth-order valence-corrected chi connectivity index (χ4v) is 2.44. The Labute approximate surface area is 129 Å². The second kappa shape index (κ2) is 10.1. The lowest BCUT2D eigenvalue weighted by molar-refractivity contribution is -0.142. The van der Waals surface area contributed by atoms with Crippen LogP contribution in [0.3, 0.4) is 0 Å². The minimum Gasteiger partial charge on any atom is -0.383 e. The van der Waals surface area contributed by atoms with Gasteiger partial charge < -0.3 is 14.4 Å². The van der Waals surface area contributed by atoms with Gasteiger partial charge in [0.2, 0.25) is 0 Å².